The summed E-state index contributed by atoms with van der Waals surface area (Å²) in [5.41, 5.74) is 1.02. The molecule has 1 saturated heterocycles. The number of aliphatic carboxylic acids is 1. The highest BCUT2D eigenvalue weighted by molar-refractivity contribution is 5.72. The smallest absolute Gasteiger partial charge is 0.335 e. The molecule has 1 N–H and O–H groups in total. The van der Waals surface area contributed by atoms with Gasteiger partial charge in [0.25, 0.3) is 0 Å². The fourth-order valence-corrected chi connectivity index (χ4v) is 1.51. The van der Waals surface area contributed by atoms with Gasteiger partial charge in [-0.1, -0.05) is 30.3 Å². The van der Waals surface area contributed by atoms with Crippen LogP contribution in [0, 0.1) is 0 Å². The summed E-state index contributed by atoms with van der Waals surface area (Å²) >= 11 is 0. The van der Waals surface area contributed by atoms with E-state index >= 15 is 0 Å². The number of rotatable bonds is 2. The predicted molar refractivity (Wildman–Crippen MR) is 52.5 cm³/mol. The second-order valence-corrected chi connectivity index (χ2v) is 3.39. The Morgan fingerprint density at radius 1 is 1.20 bits per heavy atom. The third-order valence-corrected chi connectivity index (χ3v) is 2.34. The summed E-state index contributed by atoms with van der Waals surface area (Å²) in [6.45, 7) is 0.399. The van der Waals surface area contributed by atoms with Crippen LogP contribution in [-0.2, 0) is 14.3 Å². The number of ether oxygens (including phenoxy) is 2. The maximum Gasteiger partial charge on any atom is 0.335 e. The standard InChI is InChI=1S/C11H12O4/c12-11(13)10-7-14-9(6-15-10)8-4-2-1-3-5-8/h1-5,9-10H,6-7H2,(H,12,13)/t9-,10+/m0/s1. The molecule has 4 heteroatoms. The van der Waals surface area contributed by atoms with Crippen LogP contribution in [0.3, 0.4) is 0 Å². The van der Waals surface area contributed by atoms with Gasteiger partial charge in [-0.15, -0.1) is 0 Å². The van der Waals surface area contributed by atoms with Gasteiger partial charge < -0.3 is 14.6 Å². The van der Waals surface area contributed by atoms with E-state index in [9.17, 15) is 4.79 Å². The Labute approximate surface area is 87.4 Å². The lowest BCUT2D eigenvalue weighted by atomic mass is 10.1. The Morgan fingerprint density at radius 2 is 1.93 bits per heavy atom. The van der Waals surface area contributed by atoms with Crippen LogP contribution < -0.4 is 0 Å². The molecule has 15 heavy (non-hydrogen) atoms. The van der Waals surface area contributed by atoms with Crippen LogP contribution >= 0.6 is 0 Å². The van der Waals surface area contributed by atoms with Crippen LogP contribution in [-0.4, -0.2) is 30.4 Å². The second kappa shape index (κ2) is 4.42. The molecule has 1 heterocycles. The van der Waals surface area contributed by atoms with Gasteiger partial charge in [0.2, 0.25) is 0 Å². The van der Waals surface area contributed by atoms with E-state index in [1.54, 1.807) is 0 Å². The van der Waals surface area contributed by atoms with Crippen molar-refractivity contribution >= 4 is 5.97 Å². The molecule has 0 amide bonds. The summed E-state index contributed by atoms with van der Waals surface area (Å²) < 4.78 is 10.6. The first-order chi connectivity index (χ1) is 7.27. The number of benzene rings is 1. The van der Waals surface area contributed by atoms with E-state index < -0.39 is 12.1 Å². The Morgan fingerprint density at radius 3 is 2.47 bits per heavy atom. The molecule has 2 rings (SSSR count). The third-order valence-electron chi connectivity index (χ3n) is 2.34. The second-order valence-electron chi connectivity index (χ2n) is 3.39. The first kappa shape index (κ1) is 10.1. The molecule has 0 aromatic heterocycles. The molecule has 1 aromatic rings. The molecular weight excluding hydrogens is 196 g/mol. The lowest BCUT2D eigenvalue weighted by molar-refractivity contribution is -0.176. The topological polar surface area (TPSA) is 55.8 Å². The van der Waals surface area contributed by atoms with E-state index in [2.05, 4.69) is 0 Å². The molecule has 0 saturated carbocycles. The van der Waals surface area contributed by atoms with Crippen LogP contribution in [0.2, 0.25) is 0 Å². The maximum atomic E-state index is 10.6. The van der Waals surface area contributed by atoms with Crippen LogP contribution in [0.25, 0.3) is 0 Å². The largest absolute Gasteiger partial charge is 0.479 e. The highest BCUT2D eigenvalue weighted by Gasteiger charge is 2.27. The first-order valence-electron chi connectivity index (χ1n) is 4.78. The van der Waals surface area contributed by atoms with E-state index in [1.807, 2.05) is 30.3 Å². The molecule has 1 aromatic carbocycles. The van der Waals surface area contributed by atoms with Crippen molar-refractivity contribution in [2.75, 3.05) is 13.2 Å². The fourth-order valence-electron chi connectivity index (χ4n) is 1.51. The maximum absolute atomic E-state index is 10.6. The highest BCUT2D eigenvalue weighted by atomic mass is 16.6. The van der Waals surface area contributed by atoms with E-state index in [-0.39, 0.29) is 12.7 Å². The molecule has 0 bridgehead atoms. The number of hydrogen-bond donors (Lipinski definition) is 1. The molecule has 1 aliphatic heterocycles. The number of carboxylic acids is 1. The molecule has 4 nitrogen and oxygen atoms in total. The molecule has 1 fully saturated rings. The van der Waals surface area contributed by atoms with Crippen molar-refractivity contribution in [1.29, 1.82) is 0 Å². The summed E-state index contributed by atoms with van der Waals surface area (Å²) in [4.78, 5) is 10.6. The number of carbonyl (C=O) groups is 1. The van der Waals surface area contributed by atoms with E-state index in [0.29, 0.717) is 6.61 Å². The van der Waals surface area contributed by atoms with Crippen molar-refractivity contribution in [3.05, 3.63) is 35.9 Å². The Kier molecular flexibility index (Phi) is 2.99. The van der Waals surface area contributed by atoms with Gasteiger partial charge in [-0.3, -0.25) is 0 Å². The zero-order chi connectivity index (χ0) is 10.7. The zero-order valence-corrected chi connectivity index (χ0v) is 8.13. The fraction of sp³-hybridized carbons (Fsp3) is 0.364. The minimum atomic E-state index is -0.971. The zero-order valence-electron chi connectivity index (χ0n) is 8.13. The molecule has 0 radical (unpaired) electrons. The summed E-state index contributed by atoms with van der Waals surface area (Å²) in [7, 11) is 0. The van der Waals surface area contributed by atoms with Gasteiger partial charge in [0.1, 0.15) is 6.10 Å². The predicted octanol–water partition coefficient (Wildman–Crippen LogP) is 1.23. The van der Waals surface area contributed by atoms with Crippen molar-refractivity contribution in [2.45, 2.75) is 12.2 Å². The summed E-state index contributed by atoms with van der Waals surface area (Å²) in [6.07, 6.45) is -0.980. The molecule has 0 aliphatic carbocycles. The lowest BCUT2D eigenvalue weighted by Crippen LogP contribution is -2.36. The molecule has 1 aliphatic rings. The normalized spacial score (nSPS) is 26.1. The van der Waals surface area contributed by atoms with Gasteiger partial charge in [0.05, 0.1) is 13.2 Å². The van der Waals surface area contributed by atoms with E-state index in [1.165, 1.54) is 0 Å². The molecular formula is C11H12O4. The SMILES string of the molecule is O=C(O)[C@H]1CO[C@H](c2ccccc2)CO1. The van der Waals surface area contributed by atoms with Crippen LogP contribution in [0.1, 0.15) is 11.7 Å². The van der Waals surface area contributed by atoms with Crippen molar-refractivity contribution in [1.82, 2.24) is 0 Å². The average molecular weight is 208 g/mol. The Bertz CT molecular complexity index is 328. The molecule has 0 spiro atoms. The van der Waals surface area contributed by atoms with Crippen molar-refractivity contribution in [3.8, 4) is 0 Å². The van der Waals surface area contributed by atoms with Gasteiger partial charge in [-0.2, -0.15) is 0 Å². The van der Waals surface area contributed by atoms with E-state index in [4.69, 9.17) is 14.6 Å². The highest BCUT2D eigenvalue weighted by Crippen LogP contribution is 2.22. The van der Waals surface area contributed by atoms with Crippen molar-refractivity contribution in [2.24, 2.45) is 0 Å². The van der Waals surface area contributed by atoms with Crippen LogP contribution in [0.5, 0.6) is 0 Å². The molecule has 2 atom stereocenters. The van der Waals surface area contributed by atoms with Gasteiger partial charge in [-0.05, 0) is 5.56 Å². The quantitative estimate of drug-likeness (QED) is 0.794. The summed E-state index contributed by atoms with van der Waals surface area (Å²) in [5.74, 6) is -0.971. The summed E-state index contributed by atoms with van der Waals surface area (Å²) in [6, 6.07) is 9.64. The Hall–Kier alpha value is -1.39. The van der Waals surface area contributed by atoms with E-state index in [0.717, 1.165) is 5.56 Å². The number of carboxylic acid groups (broad SMARTS) is 1. The summed E-state index contributed by atoms with van der Waals surface area (Å²) in [5, 5.41) is 8.69. The first-order valence-corrected chi connectivity index (χ1v) is 4.78. The number of hydrogen-bond acceptors (Lipinski definition) is 3. The molecule has 80 valence electrons. The van der Waals surface area contributed by atoms with Gasteiger partial charge in [0.15, 0.2) is 6.10 Å². The minimum Gasteiger partial charge on any atom is -0.479 e. The Balaban J connectivity index is 1.97. The molecule has 0 unspecified atom stereocenters. The van der Waals surface area contributed by atoms with Crippen molar-refractivity contribution < 1.29 is 19.4 Å². The van der Waals surface area contributed by atoms with Gasteiger partial charge in [0, 0.05) is 0 Å². The average Bonchev–Trinajstić information content (AvgIpc) is 2.30. The van der Waals surface area contributed by atoms with Gasteiger partial charge in [-0.25, -0.2) is 4.79 Å². The third kappa shape index (κ3) is 2.34. The minimum absolute atomic E-state index is 0.106. The van der Waals surface area contributed by atoms with Crippen molar-refractivity contribution in [3.63, 3.8) is 0 Å². The monoisotopic (exact) mass is 208 g/mol. The lowest BCUT2D eigenvalue weighted by Gasteiger charge is -2.27. The van der Waals surface area contributed by atoms with Gasteiger partial charge >= 0.3 is 5.97 Å². The van der Waals surface area contributed by atoms with Crippen LogP contribution in [0.15, 0.2) is 30.3 Å². The van der Waals surface area contributed by atoms with Crippen LogP contribution in [0.4, 0.5) is 0 Å².